The van der Waals surface area contributed by atoms with Gasteiger partial charge >= 0.3 is 12.0 Å². The molecule has 0 aliphatic carbocycles. The van der Waals surface area contributed by atoms with Gasteiger partial charge in [0.2, 0.25) is 5.91 Å². The Morgan fingerprint density at radius 1 is 1.39 bits per heavy atom. The van der Waals surface area contributed by atoms with Crippen molar-refractivity contribution in [3.05, 3.63) is 16.1 Å². The van der Waals surface area contributed by atoms with E-state index < -0.39 is 17.9 Å². The minimum absolute atomic E-state index is 0.224. The molecule has 3 amide bonds. The van der Waals surface area contributed by atoms with Crippen molar-refractivity contribution in [2.45, 2.75) is 26.3 Å². The zero-order valence-corrected chi connectivity index (χ0v) is 10.5. The van der Waals surface area contributed by atoms with Crippen molar-refractivity contribution in [2.75, 3.05) is 0 Å². The van der Waals surface area contributed by atoms with Crippen molar-refractivity contribution >= 4 is 29.2 Å². The van der Waals surface area contributed by atoms with Crippen LogP contribution in [0.3, 0.4) is 0 Å². The molecule has 7 nitrogen and oxygen atoms in total. The number of urea groups is 1. The first-order valence-corrected chi connectivity index (χ1v) is 6.06. The highest BCUT2D eigenvalue weighted by atomic mass is 32.1. The van der Waals surface area contributed by atoms with Crippen LogP contribution in [0, 0.1) is 6.92 Å². The molecule has 0 saturated heterocycles. The van der Waals surface area contributed by atoms with Crippen molar-refractivity contribution < 1.29 is 19.5 Å². The minimum atomic E-state index is -1.08. The van der Waals surface area contributed by atoms with E-state index in [-0.39, 0.29) is 19.4 Å². The number of hydrogen-bond acceptors (Lipinski definition) is 5. The maximum absolute atomic E-state index is 11.3. The van der Waals surface area contributed by atoms with E-state index in [0.29, 0.717) is 5.69 Å². The maximum Gasteiger partial charge on any atom is 0.321 e. The van der Waals surface area contributed by atoms with Gasteiger partial charge in [0.05, 0.1) is 23.7 Å². The molecule has 0 saturated carbocycles. The summed E-state index contributed by atoms with van der Waals surface area (Å²) in [7, 11) is 0. The number of hydrogen-bond donors (Lipinski definition) is 3. The zero-order chi connectivity index (χ0) is 13.5. The normalized spacial score (nSPS) is 9.83. The predicted octanol–water partition coefficient (Wildman–Crippen LogP) is 0.642. The molecular formula is C10H13N3O4S. The largest absolute Gasteiger partial charge is 0.481 e. The number of imide groups is 1. The van der Waals surface area contributed by atoms with Crippen molar-refractivity contribution in [2.24, 2.45) is 0 Å². The summed E-state index contributed by atoms with van der Waals surface area (Å²) >= 11 is 1.47. The summed E-state index contributed by atoms with van der Waals surface area (Å²) in [5.74, 6) is -1.70. The van der Waals surface area contributed by atoms with E-state index in [4.69, 9.17) is 5.11 Å². The van der Waals surface area contributed by atoms with Crippen LogP contribution in [0.1, 0.15) is 23.5 Å². The first-order chi connectivity index (χ1) is 8.47. The lowest BCUT2D eigenvalue weighted by molar-refractivity contribution is -0.138. The molecule has 1 aromatic rings. The molecule has 0 fully saturated rings. The summed E-state index contributed by atoms with van der Waals surface area (Å²) in [4.78, 5) is 36.7. The monoisotopic (exact) mass is 271 g/mol. The summed E-state index contributed by atoms with van der Waals surface area (Å²) in [5, 5.41) is 15.6. The first kappa shape index (κ1) is 14.1. The standard InChI is InChI=1S/C10H13N3O4S/c1-6-12-7(5-18-6)4-11-10(17)13-8(14)2-3-9(15)16/h5H,2-4H2,1H3,(H,15,16)(H2,11,13,14,17). The lowest BCUT2D eigenvalue weighted by atomic mass is 10.3. The fourth-order valence-electron chi connectivity index (χ4n) is 1.11. The average molecular weight is 271 g/mol. The number of aryl methyl sites for hydroxylation is 1. The number of aromatic nitrogens is 1. The molecule has 18 heavy (non-hydrogen) atoms. The van der Waals surface area contributed by atoms with Gasteiger partial charge in [0.15, 0.2) is 0 Å². The van der Waals surface area contributed by atoms with Crippen LogP contribution in [0.5, 0.6) is 0 Å². The number of carbonyl (C=O) groups is 3. The van der Waals surface area contributed by atoms with Gasteiger partial charge in [-0.3, -0.25) is 14.9 Å². The minimum Gasteiger partial charge on any atom is -0.481 e. The summed E-state index contributed by atoms with van der Waals surface area (Å²) in [6.07, 6.45) is -0.525. The summed E-state index contributed by atoms with van der Waals surface area (Å²) in [6.45, 7) is 2.08. The van der Waals surface area contributed by atoms with Crippen molar-refractivity contribution in [3.8, 4) is 0 Å². The summed E-state index contributed by atoms with van der Waals surface area (Å²) in [6, 6.07) is -0.656. The Kier molecular flexibility index (Phi) is 5.25. The fraction of sp³-hybridized carbons (Fsp3) is 0.400. The van der Waals surface area contributed by atoms with E-state index in [9.17, 15) is 14.4 Å². The number of nitrogens with zero attached hydrogens (tertiary/aromatic N) is 1. The Labute approximate surface area is 107 Å². The smallest absolute Gasteiger partial charge is 0.321 e. The Morgan fingerprint density at radius 2 is 2.11 bits per heavy atom. The van der Waals surface area contributed by atoms with Crippen LogP contribution in [-0.4, -0.2) is 28.0 Å². The average Bonchev–Trinajstić information content (AvgIpc) is 2.70. The molecule has 0 atom stereocenters. The number of carbonyl (C=O) groups excluding carboxylic acids is 2. The van der Waals surface area contributed by atoms with E-state index in [1.165, 1.54) is 11.3 Å². The number of nitrogens with one attached hydrogen (secondary N) is 2. The van der Waals surface area contributed by atoms with Crippen LogP contribution in [0.4, 0.5) is 4.79 Å². The number of amides is 3. The second-order valence-electron chi connectivity index (χ2n) is 3.48. The second kappa shape index (κ2) is 6.70. The molecule has 1 heterocycles. The van der Waals surface area contributed by atoms with Gasteiger partial charge in [-0.25, -0.2) is 9.78 Å². The molecule has 98 valence electrons. The van der Waals surface area contributed by atoms with Crippen LogP contribution in [-0.2, 0) is 16.1 Å². The molecule has 0 spiro atoms. The Bertz CT molecular complexity index is 458. The molecule has 0 bridgehead atoms. The van der Waals surface area contributed by atoms with Gasteiger partial charge in [-0.05, 0) is 6.92 Å². The maximum atomic E-state index is 11.3. The molecule has 8 heteroatoms. The molecular weight excluding hydrogens is 258 g/mol. The third-order valence-corrected chi connectivity index (χ3v) is 2.74. The molecule has 0 unspecified atom stereocenters. The SMILES string of the molecule is Cc1nc(CNC(=O)NC(=O)CCC(=O)O)cs1. The van der Waals surface area contributed by atoms with Gasteiger partial charge in [-0.2, -0.15) is 0 Å². The van der Waals surface area contributed by atoms with Gasteiger partial charge in [-0.15, -0.1) is 11.3 Å². The Hall–Kier alpha value is -1.96. The van der Waals surface area contributed by atoms with Gasteiger partial charge in [0, 0.05) is 11.8 Å². The van der Waals surface area contributed by atoms with E-state index in [1.807, 2.05) is 17.6 Å². The summed E-state index contributed by atoms with van der Waals surface area (Å²) < 4.78 is 0. The van der Waals surface area contributed by atoms with Crippen LogP contribution in [0.15, 0.2) is 5.38 Å². The lowest BCUT2D eigenvalue weighted by Gasteiger charge is -2.04. The highest BCUT2D eigenvalue weighted by Crippen LogP contribution is 2.06. The lowest BCUT2D eigenvalue weighted by Crippen LogP contribution is -2.39. The van der Waals surface area contributed by atoms with Crippen LogP contribution in [0.2, 0.25) is 0 Å². The van der Waals surface area contributed by atoms with Gasteiger partial charge in [0.25, 0.3) is 0 Å². The van der Waals surface area contributed by atoms with Crippen molar-refractivity contribution in [1.82, 2.24) is 15.6 Å². The van der Waals surface area contributed by atoms with Crippen LogP contribution >= 0.6 is 11.3 Å². The first-order valence-electron chi connectivity index (χ1n) is 5.18. The Morgan fingerprint density at radius 3 is 2.67 bits per heavy atom. The molecule has 3 N–H and O–H groups in total. The molecule has 0 aliphatic heterocycles. The van der Waals surface area contributed by atoms with E-state index in [0.717, 1.165) is 5.01 Å². The quantitative estimate of drug-likeness (QED) is 0.728. The predicted molar refractivity (Wildman–Crippen MR) is 64.1 cm³/mol. The van der Waals surface area contributed by atoms with Crippen LogP contribution in [0.25, 0.3) is 0 Å². The number of rotatable bonds is 5. The van der Waals surface area contributed by atoms with Crippen LogP contribution < -0.4 is 10.6 Å². The van der Waals surface area contributed by atoms with E-state index in [2.05, 4.69) is 10.3 Å². The zero-order valence-electron chi connectivity index (χ0n) is 9.73. The fourth-order valence-corrected chi connectivity index (χ4v) is 1.73. The summed E-state index contributed by atoms with van der Waals surface area (Å²) in [5.41, 5.74) is 0.714. The number of aliphatic carboxylic acids is 1. The number of thiazole rings is 1. The highest BCUT2D eigenvalue weighted by Gasteiger charge is 2.09. The molecule has 1 rings (SSSR count). The van der Waals surface area contributed by atoms with Crippen molar-refractivity contribution in [1.29, 1.82) is 0 Å². The second-order valence-corrected chi connectivity index (χ2v) is 4.54. The van der Waals surface area contributed by atoms with Gasteiger partial charge in [0.1, 0.15) is 0 Å². The van der Waals surface area contributed by atoms with Gasteiger partial charge < -0.3 is 10.4 Å². The van der Waals surface area contributed by atoms with Gasteiger partial charge in [-0.1, -0.05) is 0 Å². The van der Waals surface area contributed by atoms with E-state index in [1.54, 1.807) is 0 Å². The molecule has 0 aliphatic rings. The third-order valence-electron chi connectivity index (χ3n) is 1.92. The van der Waals surface area contributed by atoms with E-state index >= 15 is 0 Å². The third kappa shape index (κ3) is 5.39. The highest BCUT2D eigenvalue weighted by molar-refractivity contribution is 7.09. The number of carboxylic acid groups (broad SMARTS) is 1. The topological polar surface area (TPSA) is 108 Å². The molecule has 0 aromatic carbocycles. The molecule has 1 aromatic heterocycles. The number of carboxylic acids is 1. The Balaban J connectivity index is 2.25. The van der Waals surface area contributed by atoms with Crippen molar-refractivity contribution in [3.63, 3.8) is 0 Å². The molecule has 0 radical (unpaired) electrons.